The van der Waals surface area contributed by atoms with Crippen LogP contribution in [0, 0.1) is 11.8 Å². The molecule has 1 unspecified atom stereocenters. The van der Waals surface area contributed by atoms with Crippen molar-refractivity contribution >= 4 is 17.9 Å². The largest absolute Gasteiger partial charge is 0.462 e. The maximum Gasteiger partial charge on any atom is 0.306 e. The van der Waals surface area contributed by atoms with E-state index in [1.807, 2.05) is 0 Å². The molecule has 0 aromatic carbocycles. The Morgan fingerprint density at radius 1 is 0.467 bits per heavy atom. The summed E-state index contributed by atoms with van der Waals surface area (Å²) in [5.74, 6) is 0.744. The number of hydrogen-bond donors (Lipinski definition) is 0. The minimum absolute atomic E-state index is 0.0683. The predicted molar refractivity (Wildman–Crippen MR) is 187 cm³/mol. The van der Waals surface area contributed by atoms with Crippen molar-refractivity contribution in [3.8, 4) is 0 Å². The molecule has 0 heterocycles. The number of carbonyl (C=O) groups excluding carboxylic acids is 3. The molecule has 0 aliphatic heterocycles. The van der Waals surface area contributed by atoms with Gasteiger partial charge < -0.3 is 14.2 Å². The summed E-state index contributed by atoms with van der Waals surface area (Å²) in [4.78, 5) is 37.2. The predicted octanol–water partition coefficient (Wildman–Crippen LogP) is 11.5. The second kappa shape index (κ2) is 32.4. The van der Waals surface area contributed by atoms with Crippen LogP contribution in [-0.2, 0) is 28.6 Å². The maximum atomic E-state index is 12.4. The lowest BCUT2D eigenvalue weighted by molar-refractivity contribution is -0.167. The van der Waals surface area contributed by atoms with Gasteiger partial charge in [-0.1, -0.05) is 163 Å². The van der Waals surface area contributed by atoms with E-state index in [1.165, 1.54) is 83.5 Å². The van der Waals surface area contributed by atoms with E-state index in [9.17, 15) is 14.4 Å². The number of carbonyl (C=O) groups is 3. The third-order valence-electron chi connectivity index (χ3n) is 8.83. The van der Waals surface area contributed by atoms with Gasteiger partial charge in [-0.2, -0.15) is 0 Å². The summed E-state index contributed by atoms with van der Waals surface area (Å²) in [5, 5.41) is 0. The second-order valence-corrected chi connectivity index (χ2v) is 13.9. The molecule has 0 radical (unpaired) electrons. The Kier molecular flexibility index (Phi) is 31.2. The van der Waals surface area contributed by atoms with E-state index in [1.54, 1.807) is 0 Å². The molecular weight excluding hydrogens is 564 g/mol. The van der Waals surface area contributed by atoms with Gasteiger partial charge in [-0.3, -0.25) is 14.4 Å². The van der Waals surface area contributed by atoms with E-state index in [4.69, 9.17) is 14.2 Å². The molecule has 0 amide bonds. The summed E-state index contributed by atoms with van der Waals surface area (Å²) in [6.07, 6.45) is 26.9. The first-order valence-corrected chi connectivity index (χ1v) is 19.3. The molecule has 266 valence electrons. The number of unbranched alkanes of at least 4 members (excludes halogenated alkanes) is 17. The third-order valence-corrected chi connectivity index (χ3v) is 8.83. The zero-order valence-corrected chi connectivity index (χ0v) is 30.5. The molecule has 0 saturated heterocycles. The number of ether oxygens (including phenoxy) is 3. The SMILES string of the molecule is CCCCCCCC(=O)O[C@@H](COC(=O)CCCCCCCCCCC(C)CC)COC(=O)CCCCCCCCCC(C)C. The zero-order chi connectivity index (χ0) is 33.4. The van der Waals surface area contributed by atoms with Crippen LogP contribution in [0.3, 0.4) is 0 Å². The van der Waals surface area contributed by atoms with Crippen LogP contribution in [0.15, 0.2) is 0 Å². The Morgan fingerprint density at radius 3 is 1.27 bits per heavy atom. The van der Waals surface area contributed by atoms with E-state index >= 15 is 0 Å². The molecule has 0 aliphatic carbocycles. The maximum absolute atomic E-state index is 12.4. The van der Waals surface area contributed by atoms with Crippen LogP contribution in [0.2, 0.25) is 0 Å². The molecule has 0 aromatic heterocycles. The number of esters is 3. The fourth-order valence-corrected chi connectivity index (χ4v) is 5.48. The van der Waals surface area contributed by atoms with Gasteiger partial charge in [0.1, 0.15) is 13.2 Å². The smallest absolute Gasteiger partial charge is 0.306 e. The quantitative estimate of drug-likeness (QED) is 0.0404. The first-order chi connectivity index (χ1) is 21.8. The van der Waals surface area contributed by atoms with Crippen molar-refractivity contribution in [1.29, 1.82) is 0 Å². The van der Waals surface area contributed by atoms with E-state index in [0.717, 1.165) is 76.0 Å². The molecule has 0 spiro atoms. The molecule has 0 aromatic rings. The third kappa shape index (κ3) is 32.2. The van der Waals surface area contributed by atoms with Crippen molar-refractivity contribution in [2.45, 2.75) is 208 Å². The molecular formula is C39H74O6. The molecule has 0 N–H and O–H groups in total. The van der Waals surface area contributed by atoms with Gasteiger partial charge in [0.05, 0.1) is 0 Å². The van der Waals surface area contributed by atoms with Gasteiger partial charge >= 0.3 is 17.9 Å². The van der Waals surface area contributed by atoms with Gasteiger partial charge in [-0.05, 0) is 31.1 Å². The van der Waals surface area contributed by atoms with Crippen LogP contribution in [0.5, 0.6) is 0 Å². The minimum Gasteiger partial charge on any atom is -0.462 e. The fourth-order valence-electron chi connectivity index (χ4n) is 5.48. The molecule has 6 heteroatoms. The molecule has 6 nitrogen and oxygen atoms in total. The Hall–Kier alpha value is -1.59. The van der Waals surface area contributed by atoms with Crippen molar-refractivity contribution in [2.24, 2.45) is 11.8 Å². The first-order valence-electron chi connectivity index (χ1n) is 19.3. The molecule has 0 fully saturated rings. The van der Waals surface area contributed by atoms with Crippen LogP contribution in [0.4, 0.5) is 0 Å². The van der Waals surface area contributed by atoms with Gasteiger partial charge in [-0.25, -0.2) is 0 Å². The molecule has 0 rings (SSSR count). The van der Waals surface area contributed by atoms with E-state index in [-0.39, 0.29) is 31.1 Å². The summed E-state index contributed by atoms with van der Waals surface area (Å²) in [6.45, 7) is 11.2. The Labute approximate surface area is 278 Å². The lowest BCUT2D eigenvalue weighted by atomic mass is 9.99. The monoisotopic (exact) mass is 639 g/mol. The Balaban J connectivity index is 4.25. The normalized spacial score (nSPS) is 12.7. The highest BCUT2D eigenvalue weighted by Gasteiger charge is 2.19. The first kappa shape index (κ1) is 43.4. The highest BCUT2D eigenvalue weighted by atomic mass is 16.6. The van der Waals surface area contributed by atoms with E-state index in [0.29, 0.717) is 19.3 Å². The standard InChI is InChI=1S/C39H74O6/c1-6-8-9-17-26-31-39(42)45-36(33-44-38(41)30-25-21-16-12-13-18-22-27-34(3)4)32-43-37(40)29-24-20-15-11-10-14-19-23-28-35(5)7-2/h34-36H,6-33H2,1-5H3/t35?,36-/m0/s1. The van der Waals surface area contributed by atoms with Gasteiger partial charge in [0.25, 0.3) is 0 Å². The minimum atomic E-state index is -0.757. The molecule has 0 saturated carbocycles. The van der Waals surface area contributed by atoms with Gasteiger partial charge in [0, 0.05) is 19.3 Å². The van der Waals surface area contributed by atoms with Gasteiger partial charge in [-0.15, -0.1) is 0 Å². The molecule has 0 bridgehead atoms. The van der Waals surface area contributed by atoms with Crippen LogP contribution in [0.25, 0.3) is 0 Å². The van der Waals surface area contributed by atoms with Crippen LogP contribution < -0.4 is 0 Å². The van der Waals surface area contributed by atoms with Crippen molar-refractivity contribution in [3.63, 3.8) is 0 Å². The lowest BCUT2D eigenvalue weighted by Crippen LogP contribution is -2.30. The van der Waals surface area contributed by atoms with E-state index < -0.39 is 6.10 Å². The van der Waals surface area contributed by atoms with Gasteiger partial charge in [0.15, 0.2) is 6.10 Å². The van der Waals surface area contributed by atoms with Crippen LogP contribution in [0.1, 0.15) is 202 Å². The zero-order valence-electron chi connectivity index (χ0n) is 30.5. The Morgan fingerprint density at radius 2 is 0.844 bits per heavy atom. The number of rotatable bonds is 33. The topological polar surface area (TPSA) is 78.9 Å². The molecule has 0 aliphatic rings. The highest BCUT2D eigenvalue weighted by molar-refractivity contribution is 5.71. The average Bonchev–Trinajstić information content (AvgIpc) is 3.01. The van der Waals surface area contributed by atoms with Crippen molar-refractivity contribution < 1.29 is 28.6 Å². The van der Waals surface area contributed by atoms with Crippen molar-refractivity contribution in [2.75, 3.05) is 13.2 Å². The average molecular weight is 639 g/mol. The second-order valence-electron chi connectivity index (χ2n) is 13.9. The summed E-state index contributed by atoms with van der Waals surface area (Å²) >= 11 is 0. The highest BCUT2D eigenvalue weighted by Crippen LogP contribution is 2.16. The summed E-state index contributed by atoms with van der Waals surface area (Å²) in [6, 6.07) is 0. The van der Waals surface area contributed by atoms with Crippen molar-refractivity contribution in [1.82, 2.24) is 0 Å². The summed E-state index contributed by atoms with van der Waals surface area (Å²) in [5.41, 5.74) is 0. The molecule has 2 atom stereocenters. The van der Waals surface area contributed by atoms with Crippen LogP contribution >= 0.6 is 0 Å². The lowest BCUT2D eigenvalue weighted by Gasteiger charge is -2.18. The Bertz CT molecular complexity index is 691. The fraction of sp³-hybridized carbons (Fsp3) is 0.923. The summed E-state index contributed by atoms with van der Waals surface area (Å²) in [7, 11) is 0. The van der Waals surface area contributed by atoms with Crippen LogP contribution in [-0.4, -0.2) is 37.2 Å². The van der Waals surface area contributed by atoms with E-state index in [2.05, 4.69) is 34.6 Å². The number of hydrogen-bond acceptors (Lipinski definition) is 6. The molecule has 45 heavy (non-hydrogen) atoms. The van der Waals surface area contributed by atoms with Gasteiger partial charge in [0.2, 0.25) is 0 Å². The summed E-state index contributed by atoms with van der Waals surface area (Å²) < 4.78 is 16.5. The van der Waals surface area contributed by atoms with Crippen molar-refractivity contribution in [3.05, 3.63) is 0 Å².